The molecule has 0 bridgehead atoms. The largest absolute Gasteiger partial charge is 0.396 e. The van der Waals surface area contributed by atoms with Gasteiger partial charge in [0.1, 0.15) is 0 Å². The first-order valence-corrected chi connectivity index (χ1v) is 7.82. The average molecular weight is 255 g/mol. The van der Waals surface area contributed by atoms with Crippen LogP contribution in [0.3, 0.4) is 0 Å². The SMILES string of the molecule is OCCCC1CCCN1CC(O)CC1CCCC1. The van der Waals surface area contributed by atoms with Gasteiger partial charge >= 0.3 is 0 Å². The quantitative estimate of drug-likeness (QED) is 0.733. The zero-order chi connectivity index (χ0) is 12.8. The standard InChI is InChI=1S/C15H29NO2/c17-10-4-8-14-7-3-9-16(14)12-15(18)11-13-5-1-2-6-13/h13-15,17-18H,1-12H2. The minimum Gasteiger partial charge on any atom is -0.396 e. The Morgan fingerprint density at radius 2 is 1.89 bits per heavy atom. The minimum atomic E-state index is -0.136. The molecule has 106 valence electrons. The number of likely N-dealkylation sites (tertiary alicyclic amines) is 1. The predicted octanol–water partition coefficient (Wildman–Crippen LogP) is 2.16. The van der Waals surface area contributed by atoms with Crippen LogP contribution in [0.25, 0.3) is 0 Å². The summed E-state index contributed by atoms with van der Waals surface area (Å²) in [6.45, 7) is 2.29. The van der Waals surface area contributed by atoms with Gasteiger partial charge in [-0.1, -0.05) is 25.7 Å². The maximum absolute atomic E-state index is 10.2. The van der Waals surface area contributed by atoms with Crippen molar-refractivity contribution in [1.29, 1.82) is 0 Å². The van der Waals surface area contributed by atoms with Crippen molar-refractivity contribution in [2.45, 2.75) is 69.9 Å². The van der Waals surface area contributed by atoms with E-state index in [9.17, 15) is 5.11 Å². The van der Waals surface area contributed by atoms with Crippen LogP contribution < -0.4 is 0 Å². The Bertz CT molecular complexity index is 229. The van der Waals surface area contributed by atoms with Gasteiger partial charge in [-0.2, -0.15) is 0 Å². The predicted molar refractivity (Wildman–Crippen MR) is 73.5 cm³/mol. The molecule has 2 fully saturated rings. The van der Waals surface area contributed by atoms with Crippen LogP contribution in [0.2, 0.25) is 0 Å². The summed E-state index contributed by atoms with van der Waals surface area (Å²) in [4.78, 5) is 2.45. The van der Waals surface area contributed by atoms with E-state index in [0.29, 0.717) is 12.6 Å². The molecule has 3 heteroatoms. The molecule has 0 aromatic heterocycles. The highest BCUT2D eigenvalue weighted by Crippen LogP contribution is 2.29. The highest BCUT2D eigenvalue weighted by Gasteiger charge is 2.27. The molecule has 2 aliphatic rings. The molecule has 1 aliphatic heterocycles. The third kappa shape index (κ3) is 4.22. The Morgan fingerprint density at radius 1 is 1.11 bits per heavy atom. The van der Waals surface area contributed by atoms with Gasteiger partial charge in [-0.15, -0.1) is 0 Å². The first-order chi connectivity index (χ1) is 8.79. The molecule has 2 atom stereocenters. The number of hydrogen-bond donors (Lipinski definition) is 2. The molecule has 1 saturated carbocycles. The van der Waals surface area contributed by atoms with E-state index in [-0.39, 0.29) is 6.10 Å². The zero-order valence-corrected chi connectivity index (χ0v) is 11.6. The van der Waals surface area contributed by atoms with E-state index in [0.717, 1.165) is 38.3 Å². The second-order valence-electron chi connectivity index (χ2n) is 6.20. The molecular weight excluding hydrogens is 226 g/mol. The highest BCUT2D eigenvalue weighted by atomic mass is 16.3. The van der Waals surface area contributed by atoms with E-state index in [1.54, 1.807) is 0 Å². The summed E-state index contributed by atoms with van der Waals surface area (Å²) >= 11 is 0. The van der Waals surface area contributed by atoms with Crippen molar-refractivity contribution in [3.05, 3.63) is 0 Å². The summed E-state index contributed by atoms with van der Waals surface area (Å²) in [7, 11) is 0. The Balaban J connectivity index is 1.69. The summed E-state index contributed by atoms with van der Waals surface area (Å²) in [6.07, 6.45) is 10.7. The number of nitrogens with zero attached hydrogens (tertiary/aromatic N) is 1. The van der Waals surface area contributed by atoms with Crippen LogP contribution >= 0.6 is 0 Å². The van der Waals surface area contributed by atoms with Gasteiger partial charge in [0.25, 0.3) is 0 Å². The molecule has 0 spiro atoms. The number of rotatable bonds is 7. The molecule has 0 aromatic rings. The molecule has 0 amide bonds. The second-order valence-corrected chi connectivity index (χ2v) is 6.20. The van der Waals surface area contributed by atoms with Gasteiger partial charge in [0.05, 0.1) is 6.10 Å². The van der Waals surface area contributed by atoms with E-state index in [4.69, 9.17) is 5.11 Å². The third-order valence-electron chi connectivity index (χ3n) is 4.72. The van der Waals surface area contributed by atoms with Crippen LogP contribution in [0.15, 0.2) is 0 Å². The lowest BCUT2D eigenvalue weighted by molar-refractivity contribution is 0.0823. The second kappa shape index (κ2) is 7.46. The molecular formula is C15H29NO2. The van der Waals surface area contributed by atoms with Crippen LogP contribution in [-0.2, 0) is 0 Å². The van der Waals surface area contributed by atoms with Crippen molar-refractivity contribution in [3.63, 3.8) is 0 Å². The molecule has 1 heterocycles. The average Bonchev–Trinajstić information content (AvgIpc) is 2.98. The van der Waals surface area contributed by atoms with Crippen molar-refractivity contribution in [2.24, 2.45) is 5.92 Å². The molecule has 18 heavy (non-hydrogen) atoms. The van der Waals surface area contributed by atoms with Crippen molar-refractivity contribution >= 4 is 0 Å². The van der Waals surface area contributed by atoms with Crippen molar-refractivity contribution in [3.8, 4) is 0 Å². The Morgan fingerprint density at radius 3 is 2.61 bits per heavy atom. The van der Waals surface area contributed by atoms with Crippen molar-refractivity contribution < 1.29 is 10.2 Å². The topological polar surface area (TPSA) is 43.7 Å². The molecule has 0 aromatic carbocycles. The van der Waals surface area contributed by atoms with E-state index >= 15 is 0 Å². The fourth-order valence-corrected chi connectivity index (χ4v) is 3.77. The van der Waals surface area contributed by atoms with E-state index in [1.165, 1.54) is 38.5 Å². The van der Waals surface area contributed by atoms with Gasteiger partial charge in [0.2, 0.25) is 0 Å². The normalized spacial score (nSPS) is 28.0. The van der Waals surface area contributed by atoms with Crippen molar-refractivity contribution in [1.82, 2.24) is 4.90 Å². The monoisotopic (exact) mass is 255 g/mol. The molecule has 2 N–H and O–H groups in total. The van der Waals surface area contributed by atoms with Gasteiger partial charge in [-0.05, 0) is 44.6 Å². The molecule has 0 radical (unpaired) electrons. The first kappa shape index (κ1) is 14.3. The summed E-state index contributed by atoms with van der Waals surface area (Å²) in [6, 6.07) is 0.607. The van der Waals surface area contributed by atoms with E-state index in [2.05, 4.69) is 4.90 Å². The van der Waals surface area contributed by atoms with Crippen LogP contribution in [0, 0.1) is 5.92 Å². The number of aliphatic hydroxyl groups is 2. The van der Waals surface area contributed by atoms with Crippen LogP contribution in [0.5, 0.6) is 0 Å². The fourth-order valence-electron chi connectivity index (χ4n) is 3.77. The first-order valence-electron chi connectivity index (χ1n) is 7.82. The Kier molecular flexibility index (Phi) is 5.93. The Labute approximate surface area is 111 Å². The number of aliphatic hydroxyl groups excluding tert-OH is 2. The maximum Gasteiger partial charge on any atom is 0.0669 e. The lowest BCUT2D eigenvalue weighted by Gasteiger charge is -2.27. The minimum absolute atomic E-state index is 0.136. The summed E-state index contributed by atoms with van der Waals surface area (Å²) < 4.78 is 0. The van der Waals surface area contributed by atoms with Crippen molar-refractivity contribution in [2.75, 3.05) is 19.7 Å². The summed E-state index contributed by atoms with van der Waals surface area (Å²) in [5.74, 6) is 0.776. The highest BCUT2D eigenvalue weighted by molar-refractivity contribution is 4.82. The summed E-state index contributed by atoms with van der Waals surface area (Å²) in [5, 5.41) is 19.1. The Hall–Kier alpha value is -0.120. The van der Waals surface area contributed by atoms with Gasteiger partial charge in [0.15, 0.2) is 0 Å². The molecule has 1 aliphatic carbocycles. The van der Waals surface area contributed by atoms with Crippen LogP contribution in [-0.4, -0.2) is 47.0 Å². The summed E-state index contributed by atoms with van der Waals surface area (Å²) in [5.41, 5.74) is 0. The van der Waals surface area contributed by atoms with Gasteiger partial charge in [-0.25, -0.2) is 0 Å². The van der Waals surface area contributed by atoms with Gasteiger partial charge in [0, 0.05) is 19.2 Å². The molecule has 2 unspecified atom stereocenters. The lowest BCUT2D eigenvalue weighted by Crippen LogP contribution is -2.37. The smallest absolute Gasteiger partial charge is 0.0669 e. The lowest BCUT2D eigenvalue weighted by atomic mass is 9.99. The van der Waals surface area contributed by atoms with Crippen LogP contribution in [0.1, 0.15) is 57.8 Å². The zero-order valence-electron chi connectivity index (χ0n) is 11.6. The third-order valence-corrected chi connectivity index (χ3v) is 4.72. The number of β-amino-alcohol motifs (C(OH)–C–C–N with tert-alkyl or cyclic N) is 1. The van der Waals surface area contributed by atoms with Crippen LogP contribution in [0.4, 0.5) is 0 Å². The number of hydrogen-bond acceptors (Lipinski definition) is 3. The molecule has 3 nitrogen and oxygen atoms in total. The molecule has 1 saturated heterocycles. The maximum atomic E-state index is 10.2. The van der Waals surface area contributed by atoms with Gasteiger partial charge < -0.3 is 10.2 Å². The van der Waals surface area contributed by atoms with E-state index < -0.39 is 0 Å². The fraction of sp³-hybridized carbons (Fsp3) is 1.00. The van der Waals surface area contributed by atoms with E-state index in [1.807, 2.05) is 0 Å². The van der Waals surface area contributed by atoms with Gasteiger partial charge in [-0.3, -0.25) is 4.90 Å². The molecule has 2 rings (SSSR count).